The van der Waals surface area contributed by atoms with Crippen molar-refractivity contribution in [3.63, 3.8) is 0 Å². The minimum atomic E-state index is -1.12. The number of benzene rings is 1. The minimum absolute atomic E-state index is 0.0731. The van der Waals surface area contributed by atoms with Crippen LogP contribution in [0.1, 0.15) is 38.8 Å². The molecule has 0 bridgehead atoms. The van der Waals surface area contributed by atoms with Crippen LogP contribution in [0.4, 0.5) is 4.79 Å². The summed E-state index contributed by atoms with van der Waals surface area (Å²) in [5.74, 6) is -2.14. The van der Waals surface area contributed by atoms with E-state index >= 15 is 0 Å². The number of allylic oxidation sites excluding steroid dienone is 2. The zero-order chi connectivity index (χ0) is 24.0. The predicted octanol–water partition coefficient (Wildman–Crippen LogP) is 2.08. The maximum atomic E-state index is 13.4. The lowest BCUT2D eigenvalue weighted by Crippen LogP contribution is -2.64. The Kier molecular flexibility index (Phi) is 5.65. The second-order valence-corrected chi connectivity index (χ2v) is 8.40. The lowest BCUT2D eigenvalue weighted by atomic mass is 9.75. The van der Waals surface area contributed by atoms with Gasteiger partial charge in [-0.1, -0.05) is 30.3 Å². The first kappa shape index (κ1) is 22.4. The van der Waals surface area contributed by atoms with Crippen LogP contribution in [-0.2, 0) is 28.7 Å². The second kappa shape index (κ2) is 8.31. The van der Waals surface area contributed by atoms with Gasteiger partial charge in [0.25, 0.3) is 5.91 Å². The van der Waals surface area contributed by atoms with Gasteiger partial charge in [-0.25, -0.2) is 9.69 Å². The zero-order valence-electron chi connectivity index (χ0n) is 18.8. The van der Waals surface area contributed by atoms with Gasteiger partial charge in [0.1, 0.15) is 12.6 Å². The highest BCUT2D eigenvalue weighted by Gasteiger charge is 2.53. The molecular weight excluding hydrogens is 428 g/mol. The standard InChI is InChI=1S/C24H24N2O7/c1-12(2)33-24(31)25-11-17(27)26-16(23(25)30)10-15-18(19(26)14-8-6-5-7-9-14)21(29)22(32-4)13(3)20(15)28/h5-9,12,16,19H,10-11H2,1-4H3/t16-,19+/m0/s1. The Balaban J connectivity index is 1.86. The van der Waals surface area contributed by atoms with E-state index in [0.717, 1.165) is 4.90 Å². The van der Waals surface area contributed by atoms with Gasteiger partial charge in [-0.3, -0.25) is 19.2 Å². The van der Waals surface area contributed by atoms with Crippen molar-refractivity contribution < 1.29 is 33.4 Å². The molecule has 1 saturated heterocycles. The number of ether oxygens (including phenoxy) is 2. The van der Waals surface area contributed by atoms with E-state index in [0.29, 0.717) is 5.56 Å². The van der Waals surface area contributed by atoms with E-state index in [1.807, 2.05) is 0 Å². The minimum Gasteiger partial charge on any atom is -0.492 e. The molecule has 9 heteroatoms. The van der Waals surface area contributed by atoms with Gasteiger partial charge in [0.05, 0.1) is 19.3 Å². The molecule has 3 amide bonds. The molecule has 1 aromatic carbocycles. The number of fused-ring (bicyclic) bond motifs is 1. The van der Waals surface area contributed by atoms with Crippen molar-refractivity contribution in [1.29, 1.82) is 0 Å². The van der Waals surface area contributed by atoms with Crippen LogP contribution < -0.4 is 0 Å². The summed E-state index contributed by atoms with van der Waals surface area (Å²) in [7, 11) is 1.31. The van der Waals surface area contributed by atoms with E-state index in [1.54, 1.807) is 44.2 Å². The van der Waals surface area contributed by atoms with E-state index in [4.69, 9.17) is 9.47 Å². The van der Waals surface area contributed by atoms with Crippen LogP contribution in [0.3, 0.4) is 0 Å². The fourth-order valence-electron chi connectivity index (χ4n) is 4.61. The number of nitrogens with zero attached hydrogens (tertiary/aromatic N) is 2. The quantitative estimate of drug-likeness (QED) is 0.646. The Bertz CT molecular complexity index is 1130. The lowest BCUT2D eigenvalue weighted by Gasteiger charge is -2.48. The molecule has 33 heavy (non-hydrogen) atoms. The number of carbonyl (C=O) groups is 5. The number of imide groups is 1. The summed E-state index contributed by atoms with van der Waals surface area (Å²) in [4.78, 5) is 67.8. The Morgan fingerprint density at radius 3 is 2.33 bits per heavy atom. The van der Waals surface area contributed by atoms with E-state index in [9.17, 15) is 24.0 Å². The van der Waals surface area contributed by atoms with E-state index in [1.165, 1.54) is 18.9 Å². The first-order valence-corrected chi connectivity index (χ1v) is 10.6. The normalized spacial score (nSPS) is 23.2. The molecule has 0 radical (unpaired) electrons. The third-order valence-electron chi connectivity index (χ3n) is 6.02. The Hall–Kier alpha value is -3.75. The van der Waals surface area contributed by atoms with Gasteiger partial charge in [0.2, 0.25) is 11.7 Å². The summed E-state index contributed by atoms with van der Waals surface area (Å²) in [6.07, 6.45) is -1.56. The molecule has 4 rings (SSSR count). The number of carbonyl (C=O) groups excluding carboxylic acids is 5. The zero-order valence-corrected chi connectivity index (χ0v) is 18.8. The predicted molar refractivity (Wildman–Crippen MR) is 115 cm³/mol. The van der Waals surface area contributed by atoms with Gasteiger partial charge in [-0.05, 0) is 26.3 Å². The largest absolute Gasteiger partial charge is 0.492 e. The monoisotopic (exact) mass is 452 g/mol. The van der Waals surface area contributed by atoms with Gasteiger partial charge in [-0.15, -0.1) is 0 Å². The maximum absolute atomic E-state index is 13.4. The number of ketones is 2. The van der Waals surface area contributed by atoms with Gasteiger partial charge in [-0.2, -0.15) is 0 Å². The maximum Gasteiger partial charge on any atom is 0.417 e. The number of hydrogen-bond donors (Lipinski definition) is 0. The fraction of sp³-hybridized carbons (Fsp3) is 0.375. The van der Waals surface area contributed by atoms with Crippen LogP contribution in [0.25, 0.3) is 0 Å². The highest BCUT2D eigenvalue weighted by Crippen LogP contribution is 2.45. The van der Waals surface area contributed by atoms with Crippen molar-refractivity contribution in [2.24, 2.45) is 0 Å². The van der Waals surface area contributed by atoms with Crippen LogP contribution in [0.2, 0.25) is 0 Å². The van der Waals surface area contributed by atoms with Gasteiger partial charge >= 0.3 is 6.09 Å². The molecule has 0 saturated carbocycles. The van der Waals surface area contributed by atoms with Crippen molar-refractivity contribution in [3.05, 3.63) is 58.4 Å². The lowest BCUT2D eigenvalue weighted by molar-refractivity contribution is -0.157. The van der Waals surface area contributed by atoms with Crippen LogP contribution in [0.5, 0.6) is 0 Å². The first-order chi connectivity index (χ1) is 15.7. The van der Waals surface area contributed by atoms with Crippen molar-refractivity contribution in [2.45, 2.75) is 45.4 Å². The molecule has 0 aromatic heterocycles. The SMILES string of the molecule is COC1=C(C)C(=O)C2=C(C1=O)[C@@H](c1ccccc1)N1C(=O)CN(C(=O)OC(C)C)C(=O)[C@@H]1C2. The van der Waals surface area contributed by atoms with Crippen molar-refractivity contribution in [3.8, 4) is 0 Å². The molecule has 0 unspecified atom stereocenters. The summed E-state index contributed by atoms with van der Waals surface area (Å²) in [6.45, 7) is 4.25. The molecule has 0 N–H and O–H groups in total. The summed E-state index contributed by atoms with van der Waals surface area (Å²) in [6, 6.07) is 6.64. The molecule has 2 aliphatic heterocycles. The molecule has 3 aliphatic rings. The van der Waals surface area contributed by atoms with E-state index in [2.05, 4.69) is 0 Å². The molecule has 0 spiro atoms. The number of hydrogen-bond acceptors (Lipinski definition) is 7. The summed E-state index contributed by atoms with van der Waals surface area (Å²) in [5, 5.41) is 0. The van der Waals surface area contributed by atoms with Crippen molar-refractivity contribution in [1.82, 2.24) is 9.80 Å². The van der Waals surface area contributed by atoms with Gasteiger partial charge < -0.3 is 14.4 Å². The van der Waals surface area contributed by atoms with E-state index in [-0.39, 0.29) is 28.9 Å². The van der Waals surface area contributed by atoms with Crippen LogP contribution in [0.15, 0.2) is 52.8 Å². The first-order valence-electron chi connectivity index (χ1n) is 10.6. The summed E-state index contributed by atoms with van der Waals surface area (Å²) in [5.41, 5.74) is 1.01. The molecule has 2 atom stereocenters. The smallest absolute Gasteiger partial charge is 0.417 e. The molecule has 172 valence electrons. The highest BCUT2D eigenvalue weighted by atomic mass is 16.6. The van der Waals surface area contributed by atoms with Crippen LogP contribution in [0, 0.1) is 0 Å². The third-order valence-corrected chi connectivity index (χ3v) is 6.02. The molecule has 2 heterocycles. The molecular formula is C24H24N2O7. The topological polar surface area (TPSA) is 110 Å². The highest BCUT2D eigenvalue weighted by molar-refractivity contribution is 6.25. The number of piperazine rings is 1. The summed E-state index contributed by atoms with van der Waals surface area (Å²) >= 11 is 0. The number of methoxy groups -OCH3 is 1. The molecule has 1 aliphatic carbocycles. The number of rotatable bonds is 3. The fourth-order valence-corrected chi connectivity index (χ4v) is 4.61. The average molecular weight is 452 g/mol. The van der Waals surface area contributed by atoms with Crippen molar-refractivity contribution in [2.75, 3.05) is 13.7 Å². The average Bonchev–Trinajstić information content (AvgIpc) is 2.79. The molecule has 9 nitrogen and oxygen atoms in total. The number of Topliss-reactive ketones (excluding diaryl/α,β-unsaturated/α-hetero) is 2. The Morgan fingerprint density at radius 2 is 1.73 bits per heavy atom. The van der Waals surface area contributed by atoms with Gasteiger partial charge in [0.15, 0.2) is 11.5 Å². The van der Waals surface area contributed by atoms with E-state index < -0.39 is 54.2 Å². The van der Waals surface area contributed by atoms with Gasteiger partial charge in [0, 0.05) is 23.1 Å². The third kappa shape index (κ3) is 3.53. The molecule has 1 fully saturated rings. The Labute approximate surface area is 190 Å². The van der Waals surface area contributed by atoms with Crippen LogP contribution in [-0.4, -0.2) is 65.1 Å². The van der Waals surface area contributed by atoms with Crippen LogP contribution >= 0.6 is 0 Å². The summed E-state index contributed by atoms with van der Waals surface area (Å²) < 4.78 is 10.4. The second-order valence-electron chi connectivity index (χ2n) is 8.40. The number of amides is 3. The Morgan fingerprint density at radius 1 is 1.06 bits per heavy atom. The van der Waals surface area contributed by atoms with Crippen molar-refractivity contribution >= 4 is 29.5 Å². The molecule has 1 aromatic rings.